The second kappa shape index (κ2) is 9.71. The Balaban J connectivity index is 1.53. The fourth-order valence-corrected chi connectivity index (χ4v) is 3.95. The van der Waals surface area contributed by atoms with Gasteiger partial charge in [0.25, 0.3) is 0 Å². The number of nitrogens with one attached hydrogen (secondary N) is 1. The van der Waals surface area contributed by atoms with E-state index in [0.717, 1.165) is 44.1 Å². The highest BCUT2D eigenvalue weighted by molar-refractivity contribution is 6.31. The number of benzene rings is 3. The lowest BCUT2D eigenvalue weighted by Gasteiger charge is -2.10. The third kappa shape index (κ3) is 4.68. The van der Waals surface area contributed by atoms with Crippen LogP contribution in [0.5, 0.6) is 5.75 Å². The summed E-state index contributed by atoms with van der Waals surface area (Å²) in [4.78, 5) is 12.3. The van der Waals surface area contributed by atoms with Gasteiger partial charge in [-0.25, -0.2) is 5.43 Å². The number of carbonyl (C=O) groups excluding carboxylic acids is 1. The summed E-state index contributed by atoms with van der Waals surface area (Å²) in [5.74, 6) is 0.583. The van der Waals surface area contributed by atoms with Gasteiger partial charge in [-0.15, -0.1) is 0 Å². The molecular weight excluding hydrogens is 422 g/mol. The van der Waals surface area contributed by atoms with Crippen molar-refractivity contribution in [1.29, 1.82) is 0 Å². The summed E-state index contributed by atoms with van der Waals surface area (Å²) >= 11 is 6.39. The van der Waals surface area contributed by atoms with E-state index in [2.05, 4.69) is 34.2 Å². The lowest BCUT2D eigenvalue weighted by Crippen LogP contribution is -2.19. The number of rotatable bonds is 7. The predicted molar refractivity (Wildman–Crippen MR) is 130 cm³/mol. The number of amides is 1. The first-order valence-corrected chi connectivity index (χ1v) is 10.7. The number of nitrogens with zero attached hydrogens (tertiary/aromatic N) is 2. The third-order valence-corrected chi connectivity index (χ3v) is 5.84. The van der Waals surface area contributed by atoms with Gasteiger partial charge in [0.15, 0.2) is 0 Å². The van der Waals surface area contributed by atoms with Gasteiger partial charge >= 0.3 is 0 Å². The van der Waals surface area contributed by atoms with Gasteiger partial charge in [-0.2, -0.15) is 5.10 Å². The van der Waals surface area contributed by atoms with Crippen LogP contribution in [0.3, 0.4) is 0 Å². The topological polar surface area (TPSA) is 55.6 Å². The Labute approximate surface area is 192 Å². The summed E-state index contributed by atoms with van der Waals surface area (Å²) in [5.41, 5.74) is 7.70. The number of hydrogen-bond donors (Lipinski definition) is 1. The maximum atomic E-state index is 12.3. The fraction of sp³-hybridized carbons (Fsp3) is 0.154. The molecule has 4 rings (SSSR count). The van der Waals surface area contributed by atoms with Crippen molar-refractivity contribution in [2.45, 2.75) is 19.9 Å². The van der Waals surface area contributed by atoms with Gasteiger partial charge in [-0.1, -0.05) is 60.1 Å². The molecule has 3 aromatic carbocycles. The average Bonchev–Trinajstić information content (AvgIpc) is 3.07. The maximum absolute atomic E-state index is 12.3. The molecule has 0 aliphatic rings. The van der Waals surface area contributed by atoms with E-state index in [4.69, 9.17) is 16.3 Å². The largest absolute Gasteiger partial charge is 0.497 e. The molecular formula is C26H24ClN3O2. The Morgan fingerprint density at radius 3 is 2.53 bits per heavy atom. The summed E-state index contributed by atoms with van der Waals surface area (Å²) in [6.45, 7) is 2.71. The normalized spacial score (nSPS) is 11.2. The molecule has 0 aliphatic carbocycles. The van der Waals surface area contributed by atoms with Crippen LogP contribution in [0, 0.1) is 6.92 Å². The molecule has 0 fully saturated rings. The van der Waals surface area contributed by atoms with E-state index in [1.807, 2.05) is 60.7 Å². The van der Waals surface area contributed by atoms with Crippen LogP contribution in [0.15, 0.2) is 77.9 Å². The van der Waals surface area contributed by atoms with Crippen LogP contribution in [0.25, 0.3) is 10.9 Å². The summed E-state index contributed by atoms with van der Waals surface area (Å²) in [6.07, 6.45) is 1.96. The van der Waals surface area contributed by atoms with Crippen molar-refractivity contribution in [3.63, 3.8) is 0 Å². The number of ether oxygens (including phenoxy) is 1. The molecule has 1 amide bonds. The first kappa shape index (κ1) is 21.7. The first-order valence-electron chi connectivity index (χ1n) is 10.3. The van der Waals surface area contributed by atoms with E-state index in [0.29, 0.717) is 6.54 Å². The number of hydrogen-bond acceptors (Lipinski definition) is 3. The number of carbonyl (C=O) groups is 1. The van der Waals surface area contributed by atoms with Crippen molar-refractivity contribution in [3.8, 4) is 5.75 Å². The smallest absolute Gasteiger partial charge is 0.244 e. The zero-order chi connectivity index (χ0) is 22.5. The minimum Gasteiger partial charge on any atom is -0.497 e. The molecule has 32 heavy (non-hydrogen) atoms. The van der Waals surface area contributed by atoms with Crippen LogP contribution >= 0.6 is 11.6 Å². The summed E-state index contributed by atoms with van der Waals surface area (Å²) in [6, 6.07) is 23.4. The highest BCUT2D eigenvalue weighted by atomic mass is 35.5. The van der Waals surface area contributed by atoms with Crippen molar-refractivity contribution in [2.75, 3.05) is 7.11 Å². The molecule has 0 radical (unpaired) electrons. The van der Waals surface area contributed by atoms with Gasteiger partial charge in [-0.3, -0.25) is 4.79 Å². The molecule has 1 heterocycles. The van der Waals surface area contributed by atoms with E-state index >= 15 is 0 Å². The van der Waals surface area contributed by atoms with Crippen LogP contribution in [-0.2, 0) is 17.8 Å². The number of methoxy groups -OCH3 is 1. The van der Waals surface area contributed by atoms with Gasteiger partial charge in [0, 0.05) is 33.7 Å². The van der Waals surface area contributed by atoms with E-state index in [-0.39, 0.29) is 12.3 Å². The molecule has 0 saturated heterocycles. The summed E-state index contributed by atoms with van der Waals surface area (Å²) in [5, 5.41) is 6.05. The molecule has 1 aromatic heterocycles. The molecule has 0 spiro atoms. The van der Waals surface area contributed by atoms with E-state index in [1.54, 1.807) is 13.3 Å². The molecule has 0 aliphatic heterocycles. The second-order valence-corrected chi connectivity index (χ2v) is 7.92. The van der Waals surface area contributed by atoms with Crippen LogP contribution < -0.4 is 10.2 Å². The molecule has 162 valence electrons. The number of fused-ring (bicyclic) bond motifs is 1. The van der Waals surface area contributed by atoms with E-state index in [1.165, 1.54) is 0 Å². The van der Waals surface area contributed by atoms with Crippen molar-refractivity contribution in [1.82, 2.24) is 9.99 Å². The van der Waals surface area contributed by atoms with Gasteiger partial charge < -0.3 is 9.30 Å². The molecule has 0 saturated carbocycles. The molecule has 4 aromatic rings. The first-order chi connectivity index (χ1) is 15.6. The molecule has 1 N–H and O–H groups in total. The van der Waals surface area contributed by atoms with Crippen molar-refractivity contribution in [2.24, 2.45) is 5.10 Å². The van der Waals surface area contributed by atoms with Crippen LogP contribution in [0.1, 0.15) is 22.4 Å². The van der Waals surface area contributed by atoms with Gasteiger partial charge in [0.05, 0.1) is 19.7 Å². The minimum absolute atomic E-state index is 0.177. The van der Waals surface area contributed by atoms with Crippen LogP contribution in [0.4, 0.5) is 0 Å². The molecule has 0 unspecified atom stereocenters. The molecule has 0 bridgehead atoms. The highest BCUT2D eigenvalue weighted by Crippen LogP contribution is 2.27. The zero-order valence-electron chi connectivity index (χ0n) is 18.0. The second-order valence-electron chi connectivity index (χ2n) is 7.51. The quantitative estimate of drug-likeness (QED) is 0.308. The number of para-hydroxylation sites is 1. The lowest BCUT2D eigenvalue weighted by molar-refractivity contribution is -0.120. The van der Waals surface area contributed by atoms with Crippen LogP contribution in [0.2, 0.25) is 5.02 Å². The monoisotopic (exact) mass is 445 g/mol. The van der Waals surface area contributed by atoms with Gasteiger partial charge in [0.1, 0.15) is 5.75 Å². The SMILES string of the molecule is COc1ccc(CC(=O)N/N=C/c2c(C)n(Cc3ccccc3Cl)c3ccccc23)cc1. The number of halogens is 1. The summed E-state index contributed by atoms with van der Waals surface area (Å²) in [7, 11) is 1.61. The lowest BCUT2D eigenvalue weighted by atomic mass is 10.1. The predicted octanol–water partition coefficient (Wildman–Crippen LogP) is 5.35. The Hall–Kier alpha value is -3.57. The van der Waals surface area contributed by atoms with Crippen molar-refractivity contribution < 1.29 is 9.53 Å². The summed E-state index contributed by atoms with van der Waals surface area (Å²) < 4.78 is 7.37. The van der Waals surface area contributed by atoms with Crippen LogP contribution in [-0.4, -0.2) is 23.8 Å². The van der Waals surface area contributed by atoms with E-state index < -0.39 is 0 Å². The maximum Gasteiger partial charge on any atom is 0.244 e. The number of hydrazone groups is 1. The van der Waals surface area contributed by atoms with Crippen molar-refractivity contribution >= 4 is 34.6 Å². The molecule has 5 nitrogen and oxygen atoms in total. The molecule has 0 atom stereocenters. The fourth-order valence-electron chi connectivity index (χ4n) is 3.76. The third-order valence-electron chi connectivity index (χ3n) is 5.47. The van der Waals surface area contributed by atoms with Crippen molar-refractivity contribution in [3.05, 3.63) is 100 Å². The Morgan fingerprint density at radius 1 is 1.06 bits per heavy atom. The Kier molecular flexibility index (Phi) is 6.57. The Bertz CT molecular complexity index is 1280. The zero-order valence-corrected chi connectivity index (χ0v) is 18.8. The Morgan fingerprint density at radius 2 is 1.78 bits per heavy atom. The minimum atomic E-state index is -0.177. The van der Waals surface area contributed by atoms with Gasteiger partial charge in [-0.05, 0) is 42.3 Å². The highest BCUT2D eigenvalue weighted by Gasteiger charge is 2.14. The van der Waals surface area contributed by atoms with E-state index in [9.17, 15) is 4.79 Å². The van der Waals surface area contributed by atoms with Gasteiger partial charge in [0.2, 0.25) is 5.91 Å². The standard InChI is InChI=1S/C26H24ClN3O2/c1-18-23(16-28-29-26(31)15-19-11-13-21(32-2)14-12-19)22-8-4-6-10-25(22)30(18)17-20-7-3-5-9-24(20)27/h3-14,16H,15,17H2,1-2H3,(H,29,31)/b28-16+. The average molecular weight is 446 g/mol. The molecule has 6 heteroatoms. The number of aromatic nitrogens is 1.